The molecule has 192 valence electrons. The topological polar surface area (TPSA) is 161 Å². The summed E-state index contributed by atoms with van der Waals surface area (Å²) in [5, 5.41) is 43.3. The zero-order valence-corrected chi connectivity index (χ0v) is 19.6. The summed E-state index contributed by atoms with van der Waals surface area (Å²) in [7, 11) is 3.13. The monoisotopic (exact) mass is 501 g/mol. The lowest BCUT2D eigenvalue weighted by atomic mass is 9.98. The molecule has 5 atom stereocenters. The molecule has 0 bridgehead atoms. The van der Waals surface area contributed by atoms with Gasteiger partial charge in [-0.25, -0.2) is 0 Å². The molecule has 0 amide bonds. The first-order valence-electron chi connectivity index (χ1n) is 11.1. The maximum Gasteiger partial charge on any atom is 0.313 e. The van der Waals surface area contributed by atoms with E-state index >= 15 is 0 Å². The molecule has 0 radical (unpaired) electrons. The second-order valence-electron chi connectivity index (χ2n) is 8.18. The van der Waals surface area contributed by atoms with E-state index in [4.69, 9.17) is 23.5 Å². The highest BCUT2D eigenvalue weighted by Crippen LogP contribution is 2.36. The largest absolute Gasteiger partial charge is 0.497 e. The number of carbonyl (C=O) groups is 1. The van der Waals surface area contributed by atoms with Crippen LogP contribution in [0.25, 0.3) is 22.4 Å². The molecule has 11 nitrogen and oxygen atoms in total. The van der Waals surface area contributed by atoms with Crippen LogP contribution in [0.5, 0.6) is 11.5 Å². The normalized spacial score (nSPS) is 23.8. The first kappa shape index (κ1) is 25.6. The Hall–Kier alpha value is -3.48. The van der Waals surface area contributed by atoms with Gasteiger partial charge in [0.05, 0.1) is 19.8 Å². The van der Waals surface area contributed by atoms with E-state index in [1.54, 1.807) is 38.5 Å². The highest BCUT2D eigenvalue weighted by Gasteiger charge is 2.43. The molecule has 5 unspecified atom stereocenters. The standard InChI is InChI=1S/C25H27NO10/c1-32-15-7-3-13(4-8-15)20-17(36-26-21(20)14-5-9-16(33-2)10-6-14)11-19(27)34-12-18-22(28)23(29)24(30)25(31)35-18/h3-10,18,22-25,28-31H,11-12H2,1-2H3. The molecule has 1 saturated heterocycles. The van der Waals surface area contributed by atoms with Crippen LogP contribution in [0, 0.1) is 0 Å². The van der Waals surface area contributed by atoms with Crippen molar-refractivity contribution in [3.8, 4) is 33.9 Å². The highest BCUT2D eigenvalue weighted by molar-refractivity contribution is 5.85. The van der Waals surface area contributed by atoms with Crippen molar-refractivity contribution in [2.24, 2.45) is 0 Å². The fourth-order valence-electron chi connectivity index (χ4n) is 3.87. The summed E-state index contributed by atoms with van der Waals surface area (Å²) in [6, 6.07) is 14.4. The molecular weight excluding hydrogens is 474 g/mol. The maximum atomic E-state index is 12.6. The second kappa shape index (κ2) is 11.1. The van der Waals surface area contributed by atoms with E-state index in [1.807, 2.05) is 24.3 Å². The van der Waals surface area contributed by atoms with Crippen LogP contribution in [0.4, 0.5) is 0 Å². The summed E-state index contributed by atoms with van der Waals surface area (Å²) >= 11 is 0. The van der Waals surface area contributed by atoms with Crippen molar-refractivity contribution in [3.05, 3.63) is 54.3 Å². The molecule has 1 fully saturated rings. The summed E-state index contributed by atoms with van der Waals surface area (Å²) in [6.45, 7) is -0.460. The number of aliphatic hydroxyl groups is 4. The lowest BCUT2D eigenvalue weighted by molar-refractivity contribution is -0.287. The average molecular weight is 501 g/mol. The molecule has 2 heterocycles. The van der Waals surface area contributed by atoms with Crippen LogP contribution >= 0.6 is 0 Å². The first-order chi connectivity index (χ1) is 17.3. The number of rotatable bonds is 8. The molecule has 4 N–H and O–H groups in total. The number of aliphatic hydroxyl groups excluding tert-OH is 4. The number of methoxy groups -OCH3 is 2. The van der Waals surface area contributed by atoms with Crippen molar-refractivity contribution in [1.82, 2.24) is 5.16 Å². The van der Waals surface area contributed by atoms with Gasteiger partial charge >= 0.3 is 5.97 Å². The number of nitrogens with zero attached hydrogens (tertiary/aromatic N) is 1. The van der Waals surface area contributed by atoms with Crippen molar-refractivity contribution in [2.45, 2.75) is 37.1 Å². The lowest BCUT2D eigenvalue weighted by Gasteiger charge is -2.37. The predicted molar refractivity (Wildman–Crippen MR) is 124 cm³/mol. The Morgan fingerprint density at radius 1 is 0.861 bits per heavy atom. The van der Waals surface area contributed by atoms with Gasteiger partial charge < -0.3 is 43.9 Å². The molecule has 0 aliphatic carbocycles. The maximum absolute atomic E-state index is 12.6. The van der Waals surface area contributed by atoms with E-state index in [0.717, 1.165) is 11.1 Å². The zero-order chi connectivity index (χ0) is 25.8. The van der Waals surface area contributed by atoms with Crippen LogP contribution in [-0.4, -0.2) is 83.1 Å². The number of aromatic nitrogens is 1. The molecule has 1 aliphatic rings. The summed E-state index contributed by atoms with van der Waals surface area (Å²) in [4.78, 5) is 12.6. The summed E-state index contributed by atoms with van der Waals surface area (Å²) < 4.78 is 26.2. The molecule has 11 heteroatoms. The quantitative estimate of drug-likeness (QED) is 0.325. The van der Waals surface area contributed by atoms with Gasteiger partial charge in [0.1, 0.15) is 54.6 Å². The van der Waals surface area contributed by atoms with Gasteiger partial charge in [0.2, 0.25) is 0 Å². The van der Waals surface area contributed by atoms with E-state index in [0.29, 0.717) is 22.8 Å². The Labute approximate surface area is 206 Å². The summed E-state index contributed by atoms with van der Waals surface area (Å²) in [6.07, 6.45) is -8.13. The van der Waals surface area contributed by atoms with E-state index in [1.165, 1.54) is 0 Å². The van der Waals surface area contributed by atoms with Crippen LogP contribution in [0.3, 0.4) is 0 Å². The van der Waals surface area contributed by atoms with Gasteiger partial charge in [-0.15, -0.1) is 0 Å². The average Bonchev–Trinajstić information content (AvgIpc) is 3.32. The second-order valence-corrected chi connectivity index (χ2v) is 8.18. The molecule has 1 aromatic heterocycles. The third-order valence-electron chi connectivity index (χ3n) is 5.91. The predicted octanol–water partition coefficient (Wildman–Crippen LogP) is 0.911. The van der Waals surface area contributed by atoms with Gasteiger partial charge in [-0.05, 0) is 42.0 Å². The van der Waals surface area contributed by atoms with Crippen LogP contribution < -0.4 is 9.47 Å². The van der Waals surface area contributed by atoms with Crippen molar-refractivity contribution in [3.63, 3.8) is 0 Å². The van der Waals surface area contributed by atoms with Gasteiger partial charge in [0, 0.05) is 5.56 Å². The van der Waals surface area contributed by atoms with Crippen LogP contribution in [-0.2, 0) is 20.7 Å². The smallest absolute Gasteiger partial charge is 0.313 e. The van der Waals surface area contributed by atoms with Crippen molar-refractivity contribution < 1.29 is 48.7 Å². The molecule has 0 saturated carbocycles. The fourth-order valence-corrected chi connectivity index (χ4v) is 3.87. The third-order valence-corrected chi connectivity index (χ3v) is 5.91. The Morgan fingerprint density at radius 3 is 2.03 bits per heavy atom. The molecule has 36 heavy (non-hydrogen) atoms. The number of benzene rings is 2. The Kier molecular flexibility index (Phi) is 7.87. The molecule has 1 aliphatic heterocycles. The minimum absolute atomic E-state index is 0.247. The molecule has 2 aromatic carbocycles. The van der Waals surface area contributed by atoms with E-state index in [-0.39, 0.29) is 12.2 Å². The molecule has 0 spiro atoms. The van der Waals surface area contributed by atoms with Crippen molar-refractivity contribution in [1.29, 1.82) is 0 Å². The molecular formula is C25H27NO10. The van der Waals surface area contributed by atoms with Gasteiger partial charge in [0.15, 0.2) is 12.1 Å². The van der Waals surface area contributed by atoms with Gasteiger partial charge in [0.25, 0.3) is 0 Å². The minimum Gasteiger partial charge on any atom is -0.497 e. The van der Waals surface area contributed by atoms with Gasteiger partial charge in [-0.3, -0.25) is 4.79 Å². The zero-order valence-electron chi connectivity index (χ0n) is 19.6. The lowest BCUT2D eigenvalue weighted by Crippen LogP contribution is -2.58. The van der Waals surface area contributed by atoms with Crippen LogP contribution in [0.15, 0.2) is 53.1 Å². The fraction of sp³-hybridized carbons (Fsp3) is 0.360. The van der Waals surface area contributed by atoms with E-state index < -0.39 is 43.3 Å². The number of hydrogen-bond acceptors (Lipinski definition) is 11. The van der Waals surface area contributed by atoms with Gasteiger partial charge in [-0.1, -0.05) is 17.3 Å². The third kappa shape index (κ3) is 5.35. The van der Waals surface area contributed by atoms with Crippen molar-refractivity contribution >= 4 is 5.97 Å². The van der Waals surface area contributed by atoms with Gasteiger partial charge in [-0.2, -0.15) is 0 Å². The minimum atomic E-state index is -1.73. The Bertz CT molecular complexity index is 1160. The van der Waals surface area contributed by atoms with E-state index in [9.17, 15) is 25.2 Å². The highest BCUT2D eigenvalue weighted by atomic mass is 16.6. The Morgan fingerprint density at radius 2 is 1.44 bits per heavy atom. The summed E-state index contributed by atoms with van der Waals surface area (Å²) in [5.41, 5.74) is 2.57. The molecule has 4 rings (SSSR count). The summed E-state index contributed by atoms with van der Waals surface area (Å²) in [5.74, 6) is 0.860. The van der Waals surface area contributed by atoms with Crippen LogP contribution in [0.2, 0.25) is 0 Å². The van der Waals surface area contributed by atoms with Crippen molar-refractivity contribution in [2.75, 3.05) is 20.8 Å². The van der Waals surface area contributed by atoms with Crippen LogP contribution in [0.1, 0.15) is 5.76 Å². The number of ether oxygens (including phenoxy) is 4. The van der Waals surface area contributed by atoms with E-state index in [2.05, 4.69) is 5.16 Å². The Balaban J connectivity index is 1.55. The first-order valence-corrected chi connectivity index (χ1v) is 11.1. The SMILES string of the molecule is COc1ccc(-c2noc(CC(=O)OCC3OC(O)C(O)C(O)C3O)c2-c2ccc(OC)cc2)cc1. The molecule has 3 aromatic rings. The number of hydrogen-bond donors (Lipinski definition) is 4. The number of carbonyl (C=O) groups excluding carboxylic acids is 1. The number of esters is 1.